The van der Waals surface area contributed by atoms with Crippen LogP contribution in [0.25, 0.3) is 0 Å². The minimum absolute atomic E-state index is 0.997. The molecule has 2 heterocycles. The molecule has 64 valence electrons. The van der Waals surface area contributed by atoms with Gasteiger partial charge in [0.1, 0.15) is 18.2 Å². The Labute approximate surface area is 78.7 Å². The van der Waals surface area contributed by atoms with Gasteiger partial charge >= 0.3 is 5.43 Å². The highest BCUT2D eigenvalue weighted by Crippen LogP contribution is 2.12. The highest BCUT2D eigenvalue weighted by atomic mass is 35.5. The van der Waals surface area contributed by atoms with E-state index in [1.54, 1.807) is 6.33 Å². The third-order valence-electron chi connectivity index (χ3n) is 1.20. The topological polar surface area (TPSA) is 52.1 Å². The van der Waals surface area contributed by atoms with Gasteiger partial charge in [-0.05, 0) is 6.07 Å². The largest absolute Gasteiger partial charge is 0.421 e. The Balaban J connectivity index is 0.000000130. The van der Waals surface area contributed by atoms with E-state index >= 15 is 0 Å². The van der Waals surface area contributed by atoms with E-state index in [4.69, 9.17) is 0 Å². The van der Waals surface area contributed by atoms with Crippen LogP contribution in [0.2, 0.25) is 0 Å². The fraction of sp³-hybridized carbons (Fsp3) is 0.167. The first-order valence-corrected chi connectivity index (χ1v) is 3.69. The molecule has 0 N–H and O–H groups in total. The molecule has 0 saturated carbocycles. The van der Waals surface area contributed by atoms with E-state index in [2.05, 4.69) is 37.7 Å². The molecule has 2 bridgehead atoms. The number of nitrogens with zero attached hydrogens (tertiary/aromatic N) is 2. The van der Waals surface area contributed by atoms with Crippen LogP contribution in [0.3, 0.4) is 0 Å². The first-order valence-electron chi connectivity index (χ1n) is 3.00. The molecule has 0 aromatic carbocycles. The van der Waals surface area contributed by atoms with Crippen molar-refractivity contribution in [1.82, 2.24) is 9.97 Å². The van der Waals surface area contributed by atoms with Gasteiger partial charge in [-0.15, -0.1) is 0 Å². The molecule has 0 fully saturated rings. The number of hydrogen-bond donors (Lipinski definition) is 0. The first kappa shape index (κ1) is 9.22. The summed E-state index contributed by atoms with van der Waals surface area (Å²) in [5, 5.41) is 0. The zero-order valence-corrected chi connectivity index (χ0v) is 7.34. The van der Waals surface area contributed by atoms with Crippen LogP contribution in [0, 0.1) is 0 Å². The Hall–Kier alpha value is -0.870. The van der Waals surface area contributed by atoms with E-state index in [1.807, 2.05) is 6.07 Å². The number of aromatic nitrogens is 2. The number of carbonyl (C=O) groups is 1. The Morgan fingerprint density at radius 1 is 1.50 bits per heavy atom. The summed E-state index contributed by atoms with van der Waals surface area (Å²) in [4.78, 5) is 17.1. The monoisotopic (exact) mass is 206 g/mol. The zero-order valence-electron chi connectivity index (χ0n) is 5.83. The van der Waals surface area contributed by atoms with Crippen molar-refractivity contribution in [2.45, 2.75) is 6.42 Å². The fourth-order valence-corrected chi connectivity index (χ4v) is 0.692. The average molecular weight is 207 g/mol. The minimum atomic E-state index is -1.01. The molecule has 12 heavy (non-hydrogen) atoms. The van der Waals surface area contributed by atoms with E-state index in [0.717, 1.165) is 6.42 Å². The molecular weight excluding hydrogens is 203 g/mol. The first-order chi connectivity index (χ1) is 5.72. The van der Waals surface area contributed by atoms with Crippen molar-refractivity contribution in [1.29, 1.82) is 0 Å². The van der Waals surface area contributed by atoms with E-state index in [1.165, 1.54) is 11.4 Å². The molecular formula is C6H4Cl2N2O2. The second-order valence-electron chi connectivity index (χ2n) is 1.99. The number of rotatable bonds is 0. The summed E-state index contributed by atoms with van der Waals surface area (Å²) in [6.45, 7) is 0. The Bertz CT molecular complexity index is 268. The van der Waals surface area contributed by atoms with Gasteiger partial charge in [0, 0.05) is 29.4 Å². The maximum Gasteiger partial charge on any atom is 0.421 e. The smallest absolute Gasteiger partial charge is 0.334 e. The van der Waals surface area contributed by atoms with Crippen LogP contribution in [-0.4, -0.2) is 15.4 Å². The molecule has 6 heteroatoms. The molecule has 4 nitrogen and oxygen atoms in total. The van der Waals surface area contributed by atoms with Gasteiger partial charge in [0.2, 0.25) is 0 Å². The van der Waals surface area contributed by atoms with E-state index in [-0.39, 0.29) is 0 Å². The number of halogens is 2. The third kappa shape index (κ3) is 2.64. The lowest BCUT2D eigenvalue weighted by Crippen LogP contribution is -2.05. The summed E-state index contributed by atoms with van der Waals surface area (Å²) in [7, 11) is 0. The average Bonchev–Trinajstić information content (AvgIpc) is 2.06. The molecule has 0 spiro atoms. The standard InChI is InChI=1S/C5H4N2.CCl2O2/c1-4-2-5(1)7-3-6-4;2-1(4)5-3/h1,3H,2H2;. The molecule has 1 aromatic rings. The van der Waals surface area contributed by atoms with Gasteiger partial charge in [-0.2, -0.15) is 0 Å². The van der Waals surface area contributed by atoms with Crippen molar-refractivity contribution in [3.63, 3.8) is 0 Å². The van der Waals surface area contributed by atoms with Crippen LogP contribution in [0.15, 0.2) is 12.4 Å². The number of hydrogen-bond acceptors (Lipinski definition) is 4. The van der Waals surface area contributed by atoms with Crippen molar-refractivity contribution in [3.8, 4) is 0 Å². The predicted molar refractivity (Wildman–Crippen MR) is 43.0 cm³/mol. The molecule has 0 atom stereocenters. The van der Waals surface area contributed by atoms with Crippen molar-refractivity contribution < 1.29 is 9.08 Å². The highest BCUT2D eigenvalue weighted by molar-refractivity contribution is 6.62. The van der Waals surface area contributed by atoms with Crippen LogP contribution in [0.4, 0.5) is 4.79 Å². The summed E-state index contributed by atoms with van der Waals surface area (Å²) < 4.78 is 3.35. The van der Waals surface area contributed by atoms with Crippen LogP contribution >= 0.6 is 23.5 Å². The molecule has 2 aliphatic rings. The van der Waals surface area contributed by atoms with Gasteiger partial charge in [-0.1, -0.05) is 0 Å². The van der Waals surface area contributed by atoms with Crippen molar-refractivity contribution in [2.24, 2.45) is 0 Å². The molecule has 0 saturated heterocycles. The maximum absolute atomic E-state index is 9.22. The molecule has 0 amide bonds. The van der Waals surface area contributed by atoms with E-state index < -0.39 is 5.43 Å². The van der Waals surface area contributed by atoms with Crippen molar-refractivity contribution in [3.05, 3.63) is 23.8 Å². The molecule has 0 radical (unpaired) electrons. The van der Waals surface area contributed by atoms with Crippen LogP contribution in [0.1, 0.15) is 11.4 Å². The van der Waals surface area contributed by atoms with Gasteiger partial charge < -0.3 is 4.29 Å². The van der Waals surface area contributed by atoms with Crippen LogP contribution < -0.4 is 0 Å². The summed E-state index contributed by atoms with van der Waals surface area (Å²) >= 11 is 8.82. The Morgan fingerprint density at radius 2 is 1.92 bits per heavy atom. The van der Waals surface area contributed by atoms with Crippen molar-refractivity contribution in [2.75, 3.05) is 0 Å². The minimum Gasteiger partial charge on any atom is -0.334 e. The van der Waals surface area contributed by atoms with Gasteiger partial charge in [0.05, 0.1) is 0 Å². The SMILES string of the molecule is O=C(Cl)OCl.c1nc2cc(n1)C2. The molecule has 1 aromatic heterocycles. The fourth-order valence-electron chi connectivity index (χ4n) is 0.692. The molecule has 1 aliphatic heterocycles. The molecule has 3 rings (SSSR count). The maximum atomic E-state index is 9.22. The van der Waals surface area contributed by atoms with Gasteiger partial charge in [0.15, 0.2) is 0 Å². The normalized spacial score (nSPS) is 10.5. The summed E-state index contributed by atoms with van der Waals surface area (Å²) in [6.07, 6.45) is 2.60. The van der Waals surface area contributed by atoms with Gasteiger partial charge in [-0.3, -0.25) is 0 Å². The van der Waals surface area contributed by atoms with Crippen LogP contribution in [-0.2, 0) is 10.7 Å². The van der Waals surface area contributed by atoms with Crippen molar-refractivity contribution >= 4 is 28.9 Å². The zero-order chi connectivity index (χ0) is 8.97. The second-order valence-corrected chi connectivity index (χ2v) is 2.46. The van der Waals surface area contributed by atoms with Crippen LogP contribution in [0.5, 0.6) is 0 Å². The Kier molecular flexibility index (Phi) is 3.25. The number of carbonyl (C=O) groups excluding carboxylic acids is 1. The summed E-state index contributed by atoms with van der Waals surface area (Å²) in [6, 6.07) is 2.00. The highest BCUT2D eigenvalue weighted by Gasteiger charge is 2.08. The van der Waals surface area contributed by atoms with Gasteiger partial charge in [-0.25, -0.2) is 14.8 Å². The van der Waals surface area contributed by atoms with Gasteiger partial charge in [0.25, 0.3) is 0 Å². The lowest BCUT2D eigenvalue weighted by Gasteiger charge is -2.08. The van der Waals surface area contributed by atoms with E-state index in [0.29, 0.717) is 0 Å². The van der Waals surface area contributed by atoms with E-state index in [9.17, 15) is 4.79 Å². The number of fused-ring (bicyclic) bond motifs is 2. The molecule has 1 aliphatic carbocycles. The third-order valence-corrected chi connectivity index (χ3v) is 1.50. The predicted octanol–water partition coefficient (Wildman–Crippen LogP) is 1.90. The lowest BCUT2D eigenvalue weighted by molar-refractivity contribution is 0.230. The summed E-state index contributed by atoms with van der Waals surface area (Å²) in [5.74, 6) is 0. The second kappa shape index (κ2) is 4.23. The molecule has 0 unspecified atom stereocenters. The quantitative estimate of drug-likeness (QED) is 0.619. The Morgan fingerprint density at radius 3 is 2.00 bits per heavy atom. The summed E-state index contributed by atoms with van der Waals surface area (Å²) in [5.41, 5.74) is 1.33. The lowest BCUT2D eigenvalue weighted by atomic mass is 10.1.